The van der Waals surface area contributed by atoms with Crippen molar-refractivity contribution in [3.05, 3.63) is 53.2 Å². The van der Waals surface area contributed by atoms with Gasteiger partial charge in [-0.15, -0.1) is 0 Å². The molecule has 2 rings (SSSR count). The molecule has 0 fully saturated rings. The van der Waals surface area contributed by atoms with E-state index in [9.17, 15) is 0 Å². The van der Waals surface area contributed by atoms with E-state index < -0.39 is 0 Å². The highest BCUT2D eigenvalue weighted by Crippen LogP contribution is 2.23. The average Bonchev–Trinajstić information content (AvgIpc) is 2.39. The summed E-state index contributed by atoms with van der Waals surface area (Å²) in [6.45, 7) is 8.86. The van der Waals surface area contributed by atoms with Crippen LogP contribution in [0.3, 0.4) is 0 Å². The molecule has 0 amide bonds. The quantitative estimate of drug-likeness (QED) is 0.724. The number of nitrogens with zero attached hydrogens (tertiary/aromatic N) is 1. The molecule has 19 heavy (non-hydrogen) atoms. The van der Waals surface area contributed by atoms with Crippen LogP contribution >= 0.6 is 0 Å². The van der Waals surface area contributed by atoms with Crippen LogP contribution in [0.15, 0.2) is 36.5 Å². The van der Waals surface area contributed by atoms with Gasteiger partial charge in [0.15, 0.2) is 6.20 Å². The number of pyridine rings is 1. The van der Waals surface area contributed by atoms with Crippen molar-refractivity contribution < 1.29 is 4.57 Å². The molecule has 0 aliphatic carbocycles. The molecule has 100 valence electrons. The normalized spacial score (nSPS) is 11.1. The van der Waals surface area contributed by atoms with Gasteiger partial charge in [-0.1, -0.05) is 32.9 Å². The van der Waals surface area contributed by atoms with Crippen molar-refractivity contribution in [2.75, 3.05) is 0 Å². The second kappa shape index (κ2) is 5.56. The molecule has 1 aromatic carbocycles. The van der Waals surface area contributed by atoms with Crippen molar-refractivity contribution in [1.29, 1.82) is 0 Å². The maximum Gasteiger partial charge on any atom is 0.212 e. The van der Waals surface area contributed by atoms with E-state index in [1.165, 1.54) is 27.9 Å². The minimum absolute atomic E-state index is 0.573. The molecule has 0 radical (unpaired) electrons. The molecule has 0 bridgehead atoms. The van der Waals surface area contributed by atoms with Crippen molar-refractivity contribution >= 4 is 0 Å². The van der Waals surface area contributed by atoms with Gasteiger partial charge in [-0.2, -0.15) is 0 Å². The number of rotatable bonds is 3. The van der Waals surface area contributed by atoms with Crippen LogP contribution in [0, 0.1) is 6.92 Å². The van der Waals surface area contributed by atoms with Gasteiger partial charge in [-0.3, -0.25) is 0 Å². The van der Waals surface area contributed by atoms with Crippen LogP contribution < -0.4 is 4.57 Å². The van der Waals surface area contributed by atoms with E-state index in [-0.39, 0.29) is 0 Å². The van der Waals surface area contributed by atoms with Crippen LogP contribution in [-0.4, -0.2) is 0 Å². The molecule has 0 saturated heterocycles. The van der Waals surface area contributed by atoms with Gasteiger partial charge in [0, 0.05) is 17.2 Å². The molecule has 1 heterocycles. The first kappa shape index (κ1) is 13.8. The number of aromatic nitrogens is 1. The lowest BCUT2D eigenvalue weighted by atomic mass is 9.99. The molecular formula is C18H24N+. The molecule has 0 unspecified atom stereocenters. The van der Waals surface area contributed by atoms with Gasteiger partial charge >= 0.3 is 0 Å². The first-order chi connectivity index (χ1) is 9.02. The summed E-state index contributed by atoms with van der Waals surface area (Å²) in [5.74, 6) is 0.573. The summed E-state index contributed by atoms with van der Waals surface area (Å²) in [5, 5.41) is 0. The lowest BCUT2D eigenvalue weighted by molar-refractivity contribution is -0.660. The van der Waals surface area contributed by atoms with Crippen LogP contribution in [-0.2, 0) is 13.5 Å². The fraction of sp³-hybridized carbons (Fsp3) is 0.389. The number of hydrogen-bond acceptors (Lipinski definition) is 0. The van der Waals surface area contributed by atoms with Crippen molar-refractivity contribution in [2.45, 2.75) is 40.0 Å². The molecule has 0 aliphatic rings. The predicted octanol–water partition coefficient (Wildman–Crippen LogP) is 4.17. The van der Waals surface area contributed by atoms with Crippen molar-refractivity contribution in [2.24, 2.45) is 7.05 Å². The van der Waals surface area contributed by atoms with Crippen molar-refractivity contribution in [1.82, 2.24) is 0 Å². The number of aryl methyl sites for hydroxylation is 3. The minimum atomic E-state index is 0.573. The van der Waals surface area contributed by atoms with Crippen molar-refractivity contribution in [3.8, 4) is 11.3 Å². The Bertz CT molecular complexity index is 582. The topological polar surface area (TPSA) is 3.88 Å². The smallest absolute Gasteiger partial charge is 0.201 e. The number of hydrogen-bond donors (Lipinski definition) is 0. The highest BCUT2D eigenvalue weighted by Gasteiger charge is 2.14. The van der Waals surface area contributed by atoms with Gasteiger partial charge in [-0.05, 0) is 42.5 Å². The Kier molecular flexibility index (Phi) is 4.04. The van der Waals surface area contributed by atoms with Gasteiger partial charge in [0.2, 0.25) is 5.69 Å². The molecule has 1 nitrogen and oxygen atoms in total. The predicted molar refractivity (Wildman–Crippen MR) is 81.3 cm³/mol. The third-order valence-corrected chi connectivity index (χ3v) is 3.80. The van der Waals surface area contributed by atoms with E-state index >= 15 is 0 Å². The summed E-state index contributed by atoms with van der Waals surface area (Å²) >= 11 is 0. The first-order valence-electron chi connectivity index (χ1n) is 7.12. The van der Waals surface area contributed by atoms with Crippen LogP contribution in [0.4, 0.5) is 0 Å². The molecule has 0 spiro atoms. The maximum atomic E-state index is 2.30. The molecule has 0 N–H and O–H groups in total. The third-order valence-electron chi connectivity index (χ3n) is 3.80. The Hall–Kier alpha value is -1.63. The zero-order chi connectivity index (χ0) is 14.0. The lowest BCUT2D eigenvalue weighted by Crippen LogP contribution is -2.31. The van der Waals surface area contributed by atoms with E-state index in [0.717, 1.165) is 6.42 Å². The second-order valence-corrected chi connectivity index (χ2v) is 5.62. The lowest BCUT2D eigenvalue weighted by Gasteiger charge is -2.09. The fourth-order valence-corrected chi connectivity index (χ4v) is 2.48. The Labute approximate surface area is 116 Å². The van der Waals surface area contributed by atoms with E-state index in [1.54, 1.807) is 0 Å². The van der Waals surface area contributed by atoms with Gasteiger partial charge < -0.3 is 0 Å². The summed E-state index contributed by atoms with van der Waals surface area (Å²) in [4.78, 5) is 0. The monoisotopic (exact) mass is 254 g/mol. The Morgan fingerprint density at radius 1 is 1.11 bits per heavy atom. The molecule has 0 atom stereocenters. The minimum Gasteiger partial charge on any atom is -0.201 e. The van der Waals surface area contributed by atoms with Crippen LogP contribution in [0.25, 0.3) is 11.3 Å². The fourth-order valence-electron chi connectivity index (χ4n) is 2.48. The zero-order valence-corrected chi connectivity index (χ0v) is 12.7. The summed E-state index contributed by atoms with van der Waals surface area (Å²) in [6.07, 6.45) is 3.34. The average molecular weight is 254 g/mol. The maximum absolute atomic E-state index is 2.30. The van der Waals surface area contributed by atoms with Gasteiger partial charge in [0.05, 0.1) is 0 Å². The van der Waals surface area contributed by atoms with Gasteiger partial charge in [-0.25, -0.2) is 4.57 Å². The molecule has 1 aromatic heterocycles. The zero-order valence-electron chi connectivity index (χ0n) is 12.7. The van der Waals surface area contributed by atoms with Crippen molar-refractivity contribution in [3.63, 3.8) is 0 Å². The summed E-state index contributed by atoms with van der Waals surface area (Å²) in [7, 11) is 2.13. The van der Waals surface area contributed by atoms with Gasteiger partial charge in [0.25, 0.3) is 0 Å². The Morgan fingerprint density at radius 2 is 1.84 bits per heavy atom. The second-order valence-electron chi connectivity index (χ2n) is 5.62. The first-order valence-corrected chi connectivity index (χ1v) is 7.12. The van der Waals surface area contributed by atoms with Gasteiger partial charge in [0.1, 0.15) is 7.05 Å². The Morgan fingerprint density at radius 3 is 2.37 bits per heavy atom. The molecule has 0 saturated carbocycles. The van der Waals surface area contributed by atoms with E-state index in [1.807, 2.05) is 0 Å². The molecule has 0 aliphatic heterocycles. The summed E-state index contributed by atoms with van der Waals surface area (Å²) in [5.41, 5.74) is 6.75. The SMILES string of the molecule is CCc1ccc(-c2ccc(C(C)C)c[n+]2C)c(C)c1. The van der Waals surface area contributed by atoms with Crippen LogP contribution in [0.2, 0.25) is 0 Å². The highest BCUT2D eigenvalue weighted by molar-refractivity contribution is 5.61. The molecular weight excluding hydrogens is 230 g/mol. The van der Waals surface area contributed by atoms with Crippen LogP contribution in [0.1, 0.15) is 43.4 Å². The summed E-state index contributed by atoms with van der Waals surface area (Å²) in [6, 6.07) is 11.3. The van der Waals surface area contributed by atoms with Crippen LogP contribution in [0.5, 0.6) is 0 Å². The summed E-state index contributed by atoms with van der Waals surface area (Å²) < 4.78 is 2.24. The highest BCUT2D eigenvalue weighted by atomic mass is 14.9. The van der Waals surface area contributed by atoms with E-state index in [2.05, 4.69) is 75.8 Å². The standard InChI is InChI=1S/C18H24N/c1-6-15-7-9-17(14(4)11-15)18-10-8-16(13(2)3)12-19(18)5/h7-13H,6H2,1-5H3/q+1. The number of benzene rings is 1. The Balaban J connectivity index is 2.47. The molecule has 1 heteroatoms. The molecule has 2 aromatic rings. The third kappa shape index (κ3) is 2.86. The van der Waals surface area contributed by atoms with E-state index in [0.29, 0.717) is 5.92 Å². The largest absolute Gasteiger partial charge is 0.212 e. The van der Waals surface area contributed by atoms with E-state index in [4.69, 9.17) is 0 Å².